The van der Waals surface area contributed by atoms with E-state index in [9.17, 15) is 0 Å². The maximum absolute atomic E-state index is 6.83. The minimum atomic E-state index is -0.324. The van der Waals surface area contributed by atoms with E-state index in [0.29, 0.717) is 0 Å². The maximum atomic E-state index is 6.83. The molecule has 0 spiro atoms. The number of para-hydroxylation sites is 4. The molecule has 14 aromatic carbocycles. The molecule has 370 valence electrons. The minimum Gasteiger partial charge on any atom is -0.454 e. The molecule has 0 N–H and O–H groups in total. The van der Waals surface area contributed by atoms with Crippen molar-refractivity contribution in [3.8, 4) is 11.1 Å². The van der Waals surface area contributed by atoms with E-state index in [0.717, 1.165) is 78.0 Å². The SMILES string of the molecule is CC1(C)c2c(ccc3cc(N(c4cc5ccccc5c5ccccc45)c4cccc5c4oc4ccccc45)ccc23)-c2ccc3cc(N(c4cc5ccccc5c5ccccc45)c4cccc5c4oc4ccccc45)ccc3c21. The van der Waals surface area contributed by atoms with Crippen LogP contribution in [0.5, 0.6) is 0 Å². The molecule has 0 fully saturated rings. The summed E-state index contributed by atoms with van der Waals surface area (Å²) in [5, 5.41) is 18.9. The number of hydrogen-bond acceptors (Lipinski definition) is 4. The summed E-state index contributed by atoms with van der Waals surface area (Å²) in [4.78, 5) is 4.85. The molecule has 2 heterocycles. The van der Waals surface area contributed by atoms with Gasteiger partial charge in [0.15, 0.2) is 11.2 Å². The van der Waals surface area contributed by atoms with Crippen LogP contribution in [0.4, 0.5) is 34.1 Å². The molecule has 0 unspecified atom stereocenters. The van der Waals surface area contributed by atoms with Crippen LogP contribution in [0.25, 0.3) is 120 Å². The number of furan rings is 2. The zero-order valence-electron chi connectivity index (χ0n) is 43.5. The van der Waals surface area contributed by atoms with Gasteiger partial charge in [-0.25, -0.2) is 0 Å². The Morgan fingerprint density at radius 3 is 1.09 bits per heavy atom. The summed E-state index contributed by atoms with van der Waals surface area (Å²) in [6.45, 7) is 4.84. The van der Waals surface area contributed by atoms with Crippen molar-refractivity contribution in [1.82, 2.24) is 0 Å². The van der Waals surface area contributed by atoms with Gasteiger partial charge in [-0.2, -0.15) is 0 Å². The van der Waals surface area contributed by atoms with Crippen molar-refractivity contribution < 1.29 is 8.83 Å². The first-order valence-corrected chi connectivity index (χ1v) is 27.3. The standard InChI is InChI=1S/C75H48N2O2/c1-75(2)71-53-39-35-49(76(65-29-15-27-63-59-25-11-13-31-69(59)78-73(63)65)67-43-45-17-3-5-19-51(45)55-21-7-9-23-57(55)67)41-47(53)33-37-61(71)62-38-34-48-42-50(36-40-54(48)72(62)75)77(66-30-16-28-64-60-26-12-14-32-70(60)79-74(64)66)68-44-46-18-4-6-20-52(46)56-22-8-10-24-58(56)68/h3-44H,1-2H3. The van der Waals surface area contributed by atoms with E-state index in [1.54, 1.807) is 0 Å². The second kappa shape index (κ2) is 16.4. The topological polar surface area (TPSA) is 32.8 Å². The molecular weight excluding hydrogens is 961 g/mol. The van der Waals surface area contributed by atoms with Crippen molar-refractivity contribution in [2.45, 2.75) is 19.3 Å². The quantitative estimate of drug-likeness (QED) is 0.155. The molecule has 0 bridgehead atoms. The predicted octanol–water partition coefficient (Wildman–Crippen LogP) is 21.7. The molecule has 16 aromatic rings. The van der Waals surface area contributed by atoms with Gasteiger partial charge in [-0.05, 0) is 137 Å². The first-order chi connectivity index (χ1) is 38.9. The average Bonchev–Trinajstić information content (AvgIpc) is 4.36. The smallest absolute Gasteiger partial charge is 0.159 e. The van der Waals surface area contributed by atoms with Crippen LogP contribution in [0.3, 0.4) is 0 Å². The number of fused-ring (bicyclic) bond motifs is 19. The molecule has 4 heteroatoms. The second-order valence-corrected chi connectivity index (χ2v) is 21.9. The van der Waals surface area contributed by atoms with Gasteiger partial charge in [0.05, 0.1) is 22.7 Å². The van der Waals surface area contributed by atoms with Crippen LogP contribution < -0.4 is 9.80 Å². The largest absolute Gasteiger partial charge is 0.454 e. The van der Waals surface area contributed by atoms with E-state index in [1.807, 2.05) is 0 Å². The summed E-state index contributed by atoms with van der Waals surface area (Å²) in [7, 11) is 0. The monoisotopic (exact) mass is 1010 g/mol. The first-order valence-electron chi connectivity index (χ1n) is 27.3. The molecule has 1 aliphatic rings. The molecule has 1 aliphatic carbocycles. The van der Waals surface area contributed by atoms with Crippen molar-refractivity contribution in [1.29, 1.82) is 0 Å². The van der Waals surface area contributed by atoms with Gasteiger partial charge in [-0.1, -0.05) is 208 Å². The van der Waals surface area contributed by atoms with Crippen LogP contribution in [-0.2, 0) is 5.41 Å². The van der Waals surface area contributed by atoms with E-state index < -0.39 is 0 Å². The Kier molecular flexibility index (Phi) is 9.15. The van der Waals surface area contributed by atoms with E-state index in [4.69, 9.17) is 8.83 Å². The van der Waals surface area contributed by atoms with Gasteiger partial charge in [-0.3, -0.25) is 0 Å². The lowest BCUT2D eigenvalue weighted by molar-refractivity contribution is 0.669. The highest BCUT2D eigenvalue weighted by molar-refractivity contribution is 6.19. The molecule has 2 aromatic heterocycles. The van der Waals surface area contributed by atoms with Crippen LogP contribution in [-0.4, -0.2) is 0 Å². The Morgan fingerprint density at radius 2 is 0.633 bits per heavy atom. The molecule has 0 amide bonds. The first kappa shape index (κ1) is 44.0. The van der Waals surface area contributed by atoms with Gasteiger partial charge < -0.3 is 18.6 Å². The molecule has 0 saturated carbocycles. The van der Waals surface area contributed by atoms with Gasteiger partial charge >= 0.3 is 0 Å². The van der Waals surface area contributed by atoms with Gasteiger partial charge in [0, 0.05) is 49.1 Å². The van der Waals surface area contributed by atoms with E-state index in [2.05, 4.69) is 278 Å². The van der Waals surface area contributed by atoms with Gasteiger partial charge in [0.25, 0.3) is 0 Å². The van der Waals surface area contributed by atoms with Crippen molar-refractivity contribution in [2.75, 3.05) is 9.80 Å². The van der Waals surface area contributed by atoms with Crippen LogP contribution in [0.1, 0.15) is 25.0 Å². The van der Waals surface area contributed by atoms with E-state index in [1.165, 1.54) is 86.9 Å². The van der Waals surface area contributed by atoms with Crippen LogP contribution >= 0.6 is 0 Å². The Hall–Kier alpha value is -10.2. The molecule has 0 aliphatic heterocycles. The second-order valence-electron chi connectivity index (χ2n) is 21.9. The zero-order valence-corrected chi connectivity index (χ0v) is 43.5. The fourth-order valence-electron chi connectivity index (χ4n) is 13.9. The molecule has 79 heavy (non-hydrogen) atoms. The van der Waals surface area contributed by atoms with Crippen LogP contribution in [0.2, 0.25) is 0 Å². The Morgan fingerprint density at radius 1 is 0.266 bits per heavy atom. The number of rotatable bonds is 6. The van der Waals surface area contributed by atoms with Crippen LogP contribution in [0, 0.1) is 0 Å². The van der Waals surface area contributed by atoms with Gasteiger partial charge in [0.1, 0.15) is 11.2 Å². The molecule has 4 nitrogen and oxygen atoms in total. The normalized spacial score (nSPS) is 13.0. The highest BCUT2D eigenvalue weighted by Crippen LogP contribution is 2.56. The average molecular weight is 1010 g/mol. The third-order valence-electron chi connectivity index (χ3n) is 17.3. The Labute approximate surface area is 455 Å². The third-order valence-corrected chi connectivity index (χ3v) is 17.3. The molecule has 0 radical (unpaired) electrons. The highest BCUT2D eigenvalue weighted by Gasteiger charge is 2.39. The fourth-order valence-corrected chi connectivity index (χ4v) is 13.9. The number of benzene rings is 14. The predicted molar refractivity (Wildman–Crippen MR) is 333 cm³/mol. The van der Waals surface area contributed by atoms with Crippen molar-refractivity contribution >= 4 is 143 Å². The summed E-state index contributed by atoms with van der Waals surface area (Å²) in [5.41, 5.74) is 14.8. The van der Waals surface area contributed by atoms with Crippen LogP contribution in [0.15, 0.2) is 264 Å². The van der Waals surface area contributed by atoms with Gasteiger partial charge in [0.2, 0.25) is 0 Å². The Bertz CT molecular complexity index is 4940. The summed E-state index contributed by atoms with van der Waals surface area (Å²) in [6.07, 6.45) is 0. The number of hydrogen-bond donors (Lipinski definition) is 0. The lowest BCUT2D eigenvalue weighted by Gasteiger charge is -2.29. The minimum absolute atomic E-state index is 0.324. The highest BCUT2D eigenvalue weighted by atomic mass is 16.3. The summed E-state index contributed by atoms with van der Waals surface area (Å²) >= 11 is 0. The summed E-state index contributed by atoms with van der Waals surface area (Å²) in [5.74, 6) is 0. The number of anilines is 6. The molecule has 17 rings (SSSR count). The van der Waals surface area contributed by atoms with E-state index >= 15 is 0 Å². The Balaban J connectivity index is 0.837. The molecular formula is C75H48N2O2. The zero-order chi connectivity index (χ0) is 52.1. The molecule has 0 atom stereocenters. The summed E-state index contributed by atoms with van der Waals surface area (Å²) in [6, 6.07) is 93.2. The fraction of sp³-hybridized carbons (Fsp3) is 0.0400. The third kappa shape index (κ3) is 6.31. The van der Waals surface area contributed by atoms with Crippen molar-refractivity contribution in [2.24, 2.45) is 0 Å². The lowest BCUT2D eigenvalue weighted by atomic mass is 9.78. The maximum Gasteiger partial charge on any atom is 0.159 e. The lowest BCUT2D eigenvalue weighted by Crippen LogP contribution is -2.16. The summed E-state index contributed by atoms with van der Waals surface area (Å²) < 4.78 is 13.7. The van der Waals surface area contributed by atoms with E-state index in [-0.39, 0.29) is 5.41 Å². The van der Waals surface area contributed by atoms with Crippen molar-refractivity contribution in [3.05, 3.63) is 266 Å². The number of nitrogens with zero attached hydrogens (tertiary/aromatic N) is 2. The van der Waals surface area contributed by atoms with Gasteiger partial charge in [-0.15, -0.1) is 0 Å². The van der Waals surface area contributed by atoms with Crippen molar-refractivity contribution in [3.63, 3.8) is 0 Å². The molecule has 0 saturated heterocycles.